The highest BCUT2D eigenvalue weighted by molar-refractivity contribution is 7.89. The van der Waals surface area contributed by atoms with Crippen LogP contribution in [0.5, 0.6) is 0 Å². The van der Waals surface area contributed by atoms with Gasteiger partial charge in [-0.3, -0.25) is 4.79 Å². The van der Waals surface area contributed by atoms with E-state index < -0.39 is 10.0 Å². The molecule has 0 atom stereocenters. The zero-order valence-corrected chi connectivity index (χ0v) is 20.8. The van der Waals surface area contributed by atoms with Crippen LogP contribution in [0.15, 0.2) is 47.4 Å². The van der Waals surface area contributed by atoms with E-state index in [9.17, 15) is 13.2 Å². The van der Waals surface area contributed by atoms with Crippen LogP contribution in [0.2, 0.25) is 5.02 Å². The molecule has 0 aromatic heterocycles. The predicted molar refractivity (Wildman–Crippen MR) is 134 cm³/mol. The van der Waals surface area contributed by atoms with E-state index >= 15 is 0 Å². The Hall–Kier alpha value is -2.09. The Bertz CT molecular complexity index is 1110. The summed E-state index contributed by atoms with van der Waals surface area (Å²) in [6.07, 6.45) is 3.75. The Kier molecular flexibility index (Phi) is 7.31. The van der Waals surface area contributed by atoms with E-state index in [4.69, 9.17) is 11.6 Å². The van der Waals surface area contributed by atoms with Crippen molar-refractivity contribution in [1.82, 2.24) is 4.31 Å². The normalized spacial score (nSPS) is 18.9. The Morgan fingerprint density at radius 1 is 0.939 bits per heavy atom. The van der Waals surface area contributed by atoms with Gasteiger partial charge in [-0.15, -0.1) is 0 Å². The van der Waals surface area contributed by atoms with Gasteiger partial charge in [0.05, 0.1) is 5.69 Å². The van der Waals surface area contributed by atoms with Crippen LogP contribution in [-0.4, -0.2) is 44.8 Å². The molecule has 2 aromatic carbocycles. The Morgan fingerprint density at radius 3 is 2.21 bits per heavy atom. The maximum Gasteiger partial charge on any atom is 0.255 e. The van der Waals surface area contributed by atoms with Crippen molar-refractivity contribution < 1.29 is 13.2 Å². The van der Waals surface area contributed by atoms with Crippen molar-refractivity contribution >= 4 is 38.9 Å². The first-order valence-corrected chi connectivity index (χ1v) is 13.5. The summed E-state index contributed by atoms with van der Waals surface area (Å²) in [7, 11) is -3.72. The second-order valence-electron chi connectivity index (χ2n) is 9.40. The molecular weight excluding hydrogens is 458 g/mol. The van der Waals surface area contributed by atoms with Gasteiger partial charge in [-0.05, 0) is 73.9 Å². The third-order valence-corrected chi connectivity index (χ3v) is 8.95. The van der Waals surface area contributed by atoms with Gasteiger partial charge < -0.3 is 10.2 Å². The van der Waals surface area contributed by atoms with E-state index in [1.54, 1.807) is 46.8 Å². The van der Waals surface area contributed by atoms with Crippen molar-refractivity contribution in [3.8, 4) is 0 Å². The lowest BCUT2D eigenvalue weighted by Crippen LogP contribution is -2.39. The molecule has 0 saturated carbocycles. The molecule has 6 nitrogen and oxygen atoms in total. The summed E-state index contributed by atoms with van der Waals surface area (Å²) in [6, 6.07) is 11.9. The maximum absolute atomic E-state index is 13.7. The van der Waals surface area contributed by atoms with E-state index in [0.717, 1.165) is 38.8 Å². The van der Waals surface area contributed by atoms with Crippen molar-refractivity contribution in [2.45, 2.75) is 44.4 Å². The number of sulfonamides is 1. The minimum absolute atomic E-state index is 0.227. The number of hydrogen-bond acceptors (Lipinski definition) is 4. The molecule has 2 aliphatic rings. The van der Waals surface area contributed by atoms with E-state index in [0.29, 0.717) is 46.9 Å². The Labute approximate surface area is 202 Å². The first-order chi connectivity index (χ1) is 15.7. The third kappa shape index (κ3) is 5.53. The van der Waals surface area contributed by atoms with E-state index in [1.165, 1.54) is 0 Å². The maximum atomic E-state index is 13.7. The molecule has 2 aromatic rings. The van der Waals surface area contributed by atoms with Gasteiger partial charge >= 0.3 is 0 Å². The quantitative estimate of drug-likeness (QED) is 0.622. The number of piperidine rings is 2. The van der Waals surface area contributed by atoms with Gasteiger partial charge in [0.25, 0.3) is 5.91 Å². The molecule has 0 aliphatic carbocycles. The molecule has 178 valence electrons. The van der Waals surface area contributed by atoms with Gasteiger partial charge in [0.15, 0.2) is 0 Å². The number of carbonyl (C=O) groups is 1. The second-order valence-corrected chi connectivity index (χ2v) is 11.7. The standard InChI is InChI=1S/C25H32ClN3O3S/c1-18-8-12-28(13-9-18)23-7-6-20(25(30)27-22-5-3-4-21(26)17-22)16-24(23)33(31,32)29-14-10-19(2)11-15-29/h3-7,16-19H,8-15H2,1-2H3,(H,27,30). The predicted octanol–water partition coefficient (Wildman–Crippen LogP) is 5.25. The van der Waals surface area contributed by atoms with Crippen molar-refractivity contribution in [1.29, 1.82) is 0 Å². The fraction of sp³-hybridized carbons (Fsp3) is 0.480. The summed E-state index contributed by atoms with van der Waals surface area (Å²) >= 11 is 6.03. The van der Waals surface area contributed by atoms with E-state index in [-0.39, 0.29) is 10.8 Å². The Balaban J connectivity index is 1.68. The van der Waals surface area contributed by atoms with E-state index in [2.05, 4.69) is 24.1 Å². The summed E-state index contributed by atoms with van der Waals surface area (Å²) in [5.41, 5.74) is 1.57. The molecule has 0 unspecified atom stereocenters. The van der Waals surface area contributed by atoms with Crippen LogP contribution in [0.1, 0.15) is 49.9 Å². The number of nitrogens with one attached hydrogen (secondary N) is 1. The van der Waals surface area contributed by atoms with Gasteiger partial charge in [-0.1, -0.05) is 31.5 Å². The van der Waals surface area contributed by atoms with Crippen molar-refractivity contribution in [3.05, 3.63) is 53.1 Å². The van der Waals surface area contributed by atoms with Crippen LogP contribution < -0.4 is 10.2 Å². The minimum Gasteiger partial charge on any atom is -0.370 e. The zero-order chi connectivity index (χ0) is 23.6. The molecule has 2 fully saturated rings. The number of rotatable bonds is 5. The number of benzene rings is 2. The van der Waals surface area contributed by atoms with E-state index in [1.807, 2.05) is 0 Å². The number of carbonyl (C=O) groups excluding carboxylic acids is 1. The second kappa shape index (κ2) is 10.0. The summed E-state index contributed by atoms with van der Waals surface area (Å²) in [6.45, 7) is 7.04. The fourth-order valence-electron chi connectivity index (χ4n) is 4.51. The van der Waals surface area contributed by atoms with Gasteiger partial charge in [-0.25, -0.2) is 8.42 Å². The summed E-state index contributed by atoms with van der Waals surface area (Å²) < 4.78 is 29.1. The number of hydrogen-bond donors (Lipinski definition) is 1. The molecule has 1 amide bonds. The summed E-state index contributed by atoms with van der Waals surface area (Å²) in [4.78, 5) is 15.4. The SMILES string of the molecule is CC1CCN(c2ccc(C(=O)Nc3cccc(Cl)c3)cc2S(=O)(=O)N2CCC(C)CC2)CC1. The highest BCUT2D eigenvalue weighted by atomic mass is 35.5. The van der Waals surface area contributed by atoms with Crippen molar-refractivity contribution in [3.63, 3.8) is 0 Å². The molecule has 8 heteroatoms. The fourth-order valence-corrected chi connectivity index (χ4v) is 6.40. The topological polar surface area (TPSA) is 69.7 Å². The zero-order valence-electron chi connectivity index (χ0n) is 19.3. The molecule has 0 spiro atoms. The lowest BCUT2D eigenvalue weighted by molar-refractivity contribution is 0.102. The van der Waals surface area contributed by atoms with Crippen molar-refractivity contribution in [2.24, 2.45) is 11.8 Å². The average Bonchev–Trinajstić information content (AvgIpc) is 2.79. The lowest BCUT2D eigenvalue weighted by atomic mass is 9.98. The number of anilines is 2. The van der Waals surface area contributed by atoms with Crippen LogP contribution >= 0.6 is 11.6 Å². The van der Waals surface area contributed by atoms with Crippen LogP contribution in [-0.2, 0) is 10.0 Å². The third-order valence-electron chi connectivity index (χ3n) is 6.79. The summed E-state index contributed by atoms with van der Waals surface area (Å²) in [5, 5.41) is 3.34. The molecule has 2 saturated heterocycles. The molecule has 2 aliphatic heterocycles. The molecule has 2 heterocycles. The van der Waals surface area contributed by atoms with Crippen LogP contribution in [0.25, 0.3) is 0 Å². The average molecular weight is 490 g/mol. The van der Waals surface area contributed by atoms with Crippen LogP contribution in [0, 0.1) is 11.8 Å². The lowest BCUT2D eigenvalue weighted by Gasteiger charge is -2.35. The molecule has 1 N–H and O–H groups in total. The number of nitrogens with zero attached hydrogens (tertiary/aromatic N) is 2. The molecule has 0 bridgehead atoms. The smallest absolute Gasteiger partial charge is 0.255 e. The van der Waals surface area contributed by atoms with Crippen LogP contribution in [0.4, 0.5) is 11.4 Å². The summed E-state index contributed by atoms with van der Waals surface area (Å²) in [5.74, 6) is 0.793. The van der Waals surface area contributed by atoms with Crippen molar-refractivity contribution in [2.75, 3.05) is 36.4 Å². The van der Waals surface area contributed by atoms with Gasteiger partial charge in [0.2, 0.25) is 10.0 Å². The first-order valence-electron chi connectivity index (χ1n) is 11.7. The monoisotopic (exact) mass is 489 g/mol. The van der Waals surface area contributed by atoms with Gasteiger partial charge in [0.1, 0.15) is 4.90 Å². The highest BCUT2D eigenvalue weighted by Gasteiger charge is 2.32. The first kappa shape index (κ1) is 24.0. The number of halogens is 1. The number of amides is 1. The molecule has 0 radical (unpaired) electrons. The molecule has 4 rings (SSSR count). The van der Waals surface area contributed by atoms with Crippen LogP contribution in [0.3, 0.4) is 0 Å². The molecule has 33 heavy (non-hydrogen) atoms. The Morgan fingerprint density at radius 2 is 1.58 bits per heavy atom. The van der Waals surface area contributed by atoms with Gasteiger partial charge in [0, 0.05) is 42.5 Å². The molecular formula is C25H32ClN3O3S. The largest absolute Gasteiger partial charge is 0.370 e. The van der Waals surface area contributed by atoms with Gasteiger partial charge in [-0.2, -0.15) is 4.31 Å². The highest BCUT2D eigenvalue weighted by Crippen LogP contribution is 2.34. The minimum atomic E-state index is -3.72.